The zero-order valence-corrected chi connectivity index (χ0v) is 19.2. The van der Waals surface area contributed by atoms with E-state index in [4.69, 9.17) is 9.47 Å². The van der Waals surface area contributed by atoms with Crippen molar-refractivity contribution in [2.24, 2.45) is 0 Å². The van der Waals surface area contributed by atoms with Crippen LogP contribution in [0, 0.1) is 6.92 Å². The Labute approximate surface area is 185 Å². The van der Waals surface area contributed by atoms with Crippen LogP contribution >= 0.6 is 0 Å². The fraction of sp³-hybridized carbons (Fsp3) is 0.545. The number of rotatable bonds is 11. The number of anilines is 1. The Kier molecular flexibility index (Phi) is 8.48. The molecule has 1 aromatic heterocycles. The molecule has 1 N–H and O–H groups in total. The van der Waals surface area contributed by atoms with Gasteiger partial charge in [-0.05, 0) is 56.9 Å². The maximum atomic E-state index is 12.5. The normalized spacial score (nSPS) is 14.5. The average Bonchev–Trinajstić information content (AvgIpc) is 2.78. The van der Waals surface area contributed by atoms with Gasteiger partial charge in [0.2, 0.25) is 15.9 Å². The van der Waals surface area contributed by atoms with Gasteiger partial charge in [0.05, 0.1) is 11.5 Å². The first kappa shape index (κ1) is 23.3. The van der Waals surface area contributed by atoms with Crippen LogP contribution in [0.1, 0.15) is 44.9 Å². The third-order valence-electron chi connectivity index (χ3n) is 5.03. The Hall–Kier alpha value is -2.39. The van der Waals surface area contributed by atoms with Crippen molar-refractivity contribution in [3.63, 3.8) is 0 Å². The number of unbranched alkanes of at least 4 members (excludes halogenated alkanes) is 1. The van der Waals surface area contributed by atoms with E-state index in [1.807, 2.05) is 13.0 Å². The molecule has 9 heteroatoms. The summed E-state index contributed by atoms with van der Waals surface area (Å²) in [7, 11) is -3.62. The number of nitrogens with zero attached hydrogens (tertiary/aromatic N) is 3. The first-order valence-corrected chi connectivity index (χ1v) is 12.4. The molecule has 1 fully saturated rings. The topological polar surface area (TPSA) is 93.7 Å². The van der Waals surface area contributed by atoms with E-state index in [2.05, 4.69) is 26.5 Å². The van der Waals surface area contributed by atoms with Crippen LogP contribution in [0.3, 0.4) is 0 Å². The van der Waals surface area contributed by atoms with E-state index < -0.39 is 10.0 Å². The Morgan fingerprint density at radius 2 is 1.77 bits per heavy atom. The lowest BCUT2D eigenvalue weighted by Crippen LogP contribution is -2.30. The van der Waals surface area contributed by atoms with Crippen molar-refractivity contribution < 1.29 is 17.9 Å². The minimum Gasteiger partial charge on any atom is -0.494 e. The molecule has 2 heterocycles. The Morgan fingerprint density at radius 1 is 1.03 bits per heavy atom. The van der Waals surface area contributed by atoms with E-state index in [0.29, 0.717) is 24.1 Å². The summed E-state index contributed by atoms with van der Waals surface area (Å²) in [6.07, 6.45) is 5.58. The van der Waals surface area contributed by atoms with Crippen LogP contribution in [0.2, 0.25) is 0 Å². The molecule has 0 amide bonds. The Bertz CT molecular complexity index is 929. The third-order valence-corrected chi connectivity index (χ3v) is 6.50. The minimum atomic E-state index is -3.62. The second kappa shape index (κ2) is 11.3. The van der Waals surface area contributed by atoms with Gasteiger partial charge in [0.25, 0.3) is 0 Å². The van der Waals surface area contributed by atoms with Crippen LogP contribution in [0.25, 0.3) is 0 Å². The predicted octanol–water partition coefficient (Wildman–Crippen LogP) is 3.31. The molecule has 2 aromatic rings. The molecular weight excluding hydrogens is 416 g/mol. The molecule has 31 heavy (non-hydrogen) atoms. The highest BCUT2D eigenvalue weighted by molar-refractivity contribution is 7.89. The van der Waals surface area contributed by atoms with Gasteiger partial charge >= 0.3 is 0 Å². The largest absolute Gasteiger partial charge is 0.494 e. The van der Waals surface area contributed by atoms with Crippen molar-refractivity contribution in [3.05, 3.63) is 36.2 Å². The SMILES string of the molecule is CCCCOc1ccc(S(=O)(=O)NCCOc2cc(N3CCCCC3)nc(C)n2)cc1. The van der Waals surface area contributed by atoms with Crippen LogP contribution in [0.5, 0.6) is 11.6 Å². The smallest absolute Gasteiger partial charge is 0.240 e. The first-order valence-electron chi connectivity index (χ1n) is 10.9. The zero-order chi connectivity index (χ0) is 22.1. The van der Waals surface area contributed by atoms with E-state index in [1.54, 1.807) is 24.3 Å². The Morgan fingerprint density at radius 3 is 2.48 bits per heavy atom. The summed E-state index contributed by atoms with van der Waals surface area (Å²) in [6.45, 7) is 6.83. The second-order valence-electron chi connectivity index (χ2n) is 7.58. The molecule has 1 aromatic carbocycles. The molecule has 0 bridgehead atoms. The third kappa shape index (κ3) is 7.07. The van der Waals surface area contributed by atoms with Gasteiger partial charge in [0.15, 0.2) is 0 Å². The molecule has 0 radical (unpaired) electrons. The molecule has 0 saturated carbocycles. The lowest BCUT2D eigenvalue weighted by molar-refractivity contribution is 0.308. The highest BCUT2D eigenvalue weighted by Crippen LogP contribution is 2.21. The summed E-state index contributed by atoms with van der Waals surface area (Å²) in [5.74, 6) is 2.63. The van der Waals surface area contributed by atoms with Crippen LogP contribution in [-0.4, -0.2) is 51.2 Å². The fourth-order valence-electron chi connectivity index (χ4n) is 3.35. The van der Waals surface area contributed by atoms with Crippen molar-refractivity contribution in [1.29, 1.82) is 0 Å². The molecule has 1 aliphatic heterocycles. The van der Waals surface area contributed by atoms with Gasteiger partial charge in [-0.1, -0.05) is 13.3 Å². The van der Waals surface area contributed by atoms with E-state index in [1.165, 1.54) is 6.42 Å². The number of aromatic nitrogens is 2. The highest BCUT2D eigenvalue weighted by Gasteiger charge is 2.16. The molecule has 1 aliphatic rings. The highest BCUT2D eigenvalue weighted by atomic mass is 32.2. The molecule has 170 valence electrons. The van der Waals surface area contributed by atoms with Gasteiger partial charge < -0.3 is 14.4 Å². The minimum absolute atomic E-state index is 0.138. The van der Waals surface area contributed by atoms with Gasteiger partial charge in [0.1, 0.15) is 24.0 Å². The summed E-state index contributed by atoms with van der Waals surface area (Å²) in [6, 6.07) is 8.26. The van der Waals surface area contributed by atoms with Gasteiger partial charge in [-0.2, -0.15) is 4.98 Å². The maximum Gasteiger partial charge on any atom is 0.240 e. The van der Waals surface area contributed by atoms with E-state index >= 15 is 0 Å². The maximum absolute atomic E-state index is 12.5. The van der Waals surface area contributed by atoms with Crippen LogP contribution < -0.4 is 19.1 Å². The lowest BCUT2D eigenvalue weighted by atomic mass is 10.1. The molecule has 0 aliphatic carbocycles. The van der Waals surface area contributed by atoms with E-state index in [0.717, 1.165) is 44.6 Å². The number of benzene rings is 1. The summed E-state index contributed by atoms with van der Waals surface area (Å²) < 4.78 is 38.8. The van der Waals surface area contributed by atoms with Gasteiger partial charge in [-0.25, -0.2) is 18.1 Å². The molecule has 0 spiro atoms. The molecule has 0 unspecified atom stereocenters. The van der Waals surface area contributed by atoms with Crippen LogP contribution in [0.15, 0.2) is 35.2 Å². The average molecular weight is 449 g/mol. The number of aryl methyl sites for hydroxylation is 1. The van der Waals surface area contributed by atoms with Crippen molar-refractivity contribution in [2.45, 2.75) is 50.8 Å². The summed E-state index contributed by atoms with van der Waals surface area (Å²) in [5.41, 5.74) is 0. The fourth-order valence-corrected chi connectivity index (χ4v) is 4.36. The van der Waals surface area contributed by atoms with Gasteiger partial charge in [0, 0.05) is 25.7 Å². The standard InChI is InChI=1S/C22H32N4O4S/c1-3-4-15-29-19-8-10-20(11-9-19)31(27,28)23-12-16-30-22-17-21(24-18(2)25-22)26-13-6-5-7-14-26/h8-11,17,23H,3-7,12-16H2,1-2H3. The first-order chi connectivity index (χ1) is 15.0. The molecule has 1 saturated heterocycles. The van der Waals surface area contributed by atoms with Gasteiger partial charge in [-0.3, -0.25) is 0 Å². The van der Waals surface area contributed by atoms with Crippen molar-refractivity contribution in [1.82, 2.24) is 14.7 Å². The van der Waals surface area contributed by atoms with E-state index in [9.17, 15) is 8.42 Å². The molecule has 8 nitrogen and oxygen atoms in total. The van der Waals surface area contributed by atoms with Crippen molar-refractivity contribution >= 4 is 15.8 Å². The van der Waals surface area contributed by atoms with Crippen molar-refractivity contribution in [3.8, 4) is 11.6 Å². The van der Waals surface area contributed by atoms with Crippen LogP contribution in [-0.2, 0) is 10.0 Å². The van der Waals surface area contributed by atoms with Gasteiger partial charge in [-0.15, -0.1) is 0 Å². The molecular formula is C22H32N4O4S. The quantitative estimate of drug-likeness (QED) is 0.527. The monoisotopic (exact) mass is 448 g/mol. The predicted molar refractivity (Wildman–Crippen MR) is 120 cm³/mol. The summed E-state index contributed by atoms with van der Waals surface area (Å²) in [4.78, 5) is 11.3. The lowest BCUT2D eigenvalue weighted by Gasteiger charge is -2.28. The van der Waals surface area contributed by atoms with Crippen molar-refractivity contribution in [2.75, 3.05) is 37.7 Å². The van der Waals surface area contributed by atoms with Crippen LogP contribution in [0.4, 0.5) is 5.82 Å². The number of hydrogen-bond acceptors (Lipinski definition) is 7. The number of ether oxygens (including phenoxy) is 2. The number of nitrogens with one attached hydrogen (secondary N) is 1. The summed E-state index contributed by atoms with van der Waals surface area (Å²) >= 11 is 0. The number of sulfonamides is 1. The van der Waals surface area contributed by atoms with E-state index in [-0.39, 0.29) is 18.0 Å². The number of piperidine rings is 1. The molecule has 0 atom stereocenters. The Balaban J connectivity index is 1.50. The second-order valence-corrected chi connectivity index (χ2v) is 9.35. The zero-order valence-electron chi connectivity index (χ0n) is 18.3. The number of hydrogen-bond donors (Lipinski definition) is 1. The molecule has 3 rings (SSSR count). The summed E-state index contributed by atoms with van der Waals surface area (Å²) in [5, 5.41) is 0.